The molecule has 0 saturated heterocycles. The number of aromatic carboxylic acids is 1. The van der Waals surface area contributed by atoms with Crippen LogP contribution >= 0.6 is 38.5 Å². The highest BCUT2D eigenvalue weighted by atomic mass is 127. The Kier molecular flexibility index (Phi) is 3.05. The summed E-state index contributed by atoms with van der Waals surface area (Å²) in [5, 5.41) is 8.52. The molecule has 0 heterocycles. The van der Waals surface area contributed by atoms with Gasteiger partial charge in [-0.1, -0.05) is 0 Å². The largest absolute Gasteiger partial charge is 0.478 e. The highest BCUT2D eigenvalue weighted by Gasteiger charge is 2.14. The second-order valence-corrected chi connectivity index (χ2v) is 3.96. The summed E-state index contributed by atoms with van der Waals surface area (Å²) in [6, 6.07) is 2.73. The molecular weight excluding hydrogens is 342 g/mol. The van der Waals surface area contributed by atoms with Gasteiger partial charge in [-0.05, 0) is 50.7 Å². The van der Waals surface area contributed by atoms with Gasteiger partial charge in [-0.15, -0.1) is 0 Å². The Hall–Kier alpha value is -0.170. The van der Waals surface area contributed by atoms with E-state index in [2.05, 4.69) is 15.9 Å². The molecule has 5 heteroatoms. The lowest BCUT2D eigenvalue weighted by Crippen LogP contribution is -2.02. The minimum atomic E-state index is -1.25. The molecule has 0 amide bonds. The maximum Gasteiger partial charge on any atom is 0.338 e. The van der Waals surface area contributed by atoms with E-state index in [1.165, 1.54) is 12.1 Å². The number of carbonyl (C=O) groups is 1. The van der Waals surface area contributed by atoms with Crippen LogP contribution < -0.4 is 0 Å². The van der Waals surface area contributed by atoms with Crippen LogP contribution in [0.15, 0.2) is 16.6 Å². The molecule has 1 N–H and O–H groups in total. The zero-order chi connectivity index (χ0) is 9.30. The lowest BCUT2D eigenvalue weighted by Gasteiger charge is -2.00. The molecule has 0 unspecified atom stereocenters. The summed E-state index contributed by atoms with van der Waals surface area (Å²) >= 11 is 4.83. The van der Waals surface area contributed by atoms with E-state index >= 15 is 0 Å². The molecule has 12 heavy (non-hydrogen) atoms. The van der Waals surface area contributed by atoms with Gasteiger partial charge in [-0.25, -0.2) is 9.18 Å². The quantitative estimate of drug-likeness (QED) is 0.628. The van der Waals surface area contributed by atoms with Gasteiger partial charge >= 0.3 is 5.97 Å². The van der Waals surface area contributed by atoms with E-state index in [-0.39, 0.29) is 9.13 Å². The summed E-state index contributed by atoms with van der Waals surface area (Å²) < 4.78 is 13.9. The zero-order valence-electron chi connectivity index (χ0n) is 5.64. The van der Waals surface area contributed by atoms with Gasteiger partial charge in [0, 0.05) is 4.47 Å². The third-order valence-electron chi connectivity index (χ3n) is 1.27. The molecule has 0 spiro atoms. The molecule has 0 aromatic heterocycles. The van der Waals surface area contributed by atoms with Crippen LogP contribution in [0.25, 0.3) is 0 Å². The molecule has 0 atom stereocenters. The minimum Gasteiger partial charge on any atom is -0.478 e. The number of carboxylic acid groups (broad SMARTS) is 1. The Morgan fingerprint density at radius 3 is 2.67 bits per heavy atom. The van der Waals surface area contributed by atoms with Crippen molar-refractivity contribution in [1.29, 1.82) is 0 Å². The van der Waals surface area contributed by atoms with E-state index in [0.29, 0.717) is 4.47 Å². The van der Waals surface area contributed by atoms with Gasteiger partial charge in [-0.2, -0.15) is 0 Å². The number of halogens is 3. The highest BCUT2D eigenvalue weighted by Crippen LogP contribution is 2.24. The predicted octanol–water partition coefficient (Wildman–Crippen LogP) is 2.89. The molecule has 64 valence electrons. The van der Waals surface area contributed by atoms with Crippen LogP contribution in [0.4, 0.5) is 4.39 Å². The third kappa shape index (κ3) is 1.77. The third-order valence-corrected chi connectivity index (χ3v) is 3.72. The van der Waals surface area contributed by atoms with Crippen LogP contribution in [-0.4, -0.2) is 11.1 Å². The first kappa shape index (κ1) is 9.91. The fourth-order valence-corrected chi connectivity index (χ4v) is 1.47. The van der Waals surface area contributed by atoms with Gasteiger partial charge in [-0.3, -0.25) is 0 Å². The molecule has 0 radical (unpaired) electrons. The van der Waals surface area contributed by atoms with Gasteiger partial charge in [0.2, 0.25) is 0 Å². The predicted molar refractivity (Wildman–Crippen MR) is 53.8 cm³/mol. The molecule has 0 bridgehead atoms. The van der Waals surface area contributed by atoms with Crippen molar-refractivity contribution in [1.82, 2.24) is 0 Å². The molecular formula is C7H3BrFIO2. The van der Waals surface area contributed by atoms with E-state index < -0.39 is 11.8 Å². The zero-order valence-corrected chi connectivity index (χ0v) is 9.39. The SMILES string of the molecule is O=C(O)c1ccc(Br)c(I)c1F. The first-order chi connectivity index (χ1) is 5.54. The minimum absolute atomic E-state index is 0.285. The van der Waals surface area contributed by atoms with E-state index in [0.717, 1.165) is 0 Å². The average molecular weight is 345 g/mol. The van der Waals surface area contributed by atoms with Crippen molar-refractivity contribution in [3.63, 3.8) is 0 Å². The van der Waals surface area contributed by atoms with Crippen LogP contribution in [-0.2, 0) is 0 Å². The second-order valence-electron chi connectivity index (χ2n) is 2.03. The van der Waals surface area contributed by atoms with Crippen molar-refractivity contribution in [3.8, 4) is 0 Å². The lowest BCUT2D eigenvalue weighted by atomic mass is 10.2. The van der Waals surface area contributed by atoms with Crippen molar-refractivity contribution >= 4 is 44.5 Å². The number of carboxylic acids is 1. The van der Waals surface area contributed by atoms with Crippen molar-refractivity contribution in [2.24, 2.45) is 0 Å². The Morgan fingerprint density at radius 1 is 1.58 bits per heavy atom. The van der Waals surface area contributed by atoms with Crippen LogP contribution in [0, 0.1) is 9.39 Å². The van der Waals surface area contributed by atoms with E-state index in [1.54, 1.807) is 22.6 Å². The van der Waals surface area contributed by atoms with Crippen LogP contribution in [0.3, 0.4) is 0 Å². The van der Waals surface area contributed by atoms with Crippen LogP contribution in [0.1, 0.15) is 10.4 Å². The van der Waals surface area contributed by atoms with Crippen LogP contribution in [0.5, 0.6) is 0 Å². The van der Waals surface area contributed by atoms with Gasteiger partial charge in [0.15, 0.2) is 5.82 Å². The monoisotopic (exact) mass is 344 g/mol. The molecule has 1 rings (SSSR count). The van der Waals surface area contributed by atoms with Crippen molar-refractivity contribution in [2.45, 2.75) is 0 Å². The molecule has 0 aliphatic carbocycles. The highest BCUT2D eigenvalue weighted by molar-refractivity contribution is 14.1. The Morgan fingerprint density at radius 2 is 2.17 bits per heavy atom. The number of benzene rings is 1. The van der Waals surface area contributed by atoms with E-state index in [9.17, 15) is 9.18 Å². The standard InChI is InChI=1S/C7H3BrFIO2/c8-4-2-1-3(7(11)12)5(9)6(4)10/h1-2H,(H,11,12). The van der Waals surface area contributed by atoms with E-state index in [1.807, 2.05) is 0 Å². The van der Waals surface area contributed by atoms with Crippen molar-refractivity contribution < 1.29 is 14.3 Å². The maximum atomic E-state index is 13.1. The van der Waals surface area contributed by atoms with Gasteiger partial charge in [0.25, 0.3) is 0 Å². The fourth-order valence-electron chi connectivity index (χ4n) is 0.691. The Balaban J connectivity index is 3.36. The van der Waals surface area contributed by atoms with Gasteiger partial charge in [0.1, 0.15) is 0 Å². The van der Waals surface area contributed by atoms with Gasteiger partial charge in [0.05, 0.1) is 9.13 Å². The number of hydrogen-bond acceptors (Lipinski definition) is 1. The molecule has 0 saturated carbocycles. The van der Waals surface area contributed by atoms with Crippen LogP contribution in [0.2, 0.25) is 0 Å². The molecule has 0 aliphatic heterocycles. The molecule has 2 nitrogen and oxygen atoms in total. The molecule has 1 aromatic rings. The smallest absolute Gasteiger partial charge is 0.338 e. The van der Waals surface area contributed by atoms with E-state index in [4.69, 9.17) is 5.11 Å². The summed E-state index contributed by atoms with van der Waals surface area (Å²) in [5.74, 6) is -1.95. The maximum absolute atomic E-state index is 13.1. The molecule has 1 aromatic carbocycles. The Labute approximate surface area is 90.0 Å². The fraction of sp³-hybridized carbons (Fsp3) is 0. The summed E-state index contributed by atoms with van der Waals surface area (Å²) in [7, 11) is 0. The molecule has 0 aliphatic rings. The second kappa shape index (κ2) is 3.69. The Bertz CT molecular complexity index is 340. The number of rotatable bonds is 1. The normalized spacial score (nSPS) is 9.92. The summed E-state index contributed by atoms with van der Waals surface area (Å²) in [5.41, 5.74) is -0.303. The first-order valence-electron chi connectivity index (χ1n) is 2.91. The summed E-state index contributed by atoms with van der Waals surface area (Å²) in [6.45, 7) is 0. The van der Waals surface area contributed by atoms with Gasteiger partial charge < -0.3 is 5.11 Å². The summed E-state index contributed by atoms with van der Waals surface area (Å²) in [6.07, 6.45) is 0. The van der Waals surface area contributed by atoms with Crippen molar-refractivity contribution in [3.05, 3.63) is 31.6 Å². The average Bonchev–Trinajstić information content (AvgIpc) is 2.00. The lowest BCUT2D eigenvalue weighted by molar-refractivity contribution is 0.0691. The number of hydrogen-bond donors (Lipinski definition) is 1. The molecule has 0 fully saturated rings. The topological polar surface area (TPSA) is 37.3 Å². The summed E-state index contributed by atoms with van der Waals surface area (Å²) in [4.78, 5) is 10.4. The van der Waals surface area contributed by atoms with Crippen molar-refractivity contribution in [2.75, 3.05) is 0 Å². The first-order valence-corrected chi connectivity index (χ1v) is 4.78.